The average molecular weight is 629 g/mol. The van der Waals surface area contributed by atoms with Gasteiger partial charge < -0.3 is 0 Å². The highest BCUT2D eigenvalue weighted by atomic mass is 35.5. The first kappa shape index (κ1) is 28.9. The first-order valence-electron chi connectivity index (χ1n) is 13.5. The summed E-state index contributed by atoms with van der Waals surface area (Å²) < 4.78 is 55.4. The fraction of sp³-hybridized carbons (Fsp3) is 0.219. The summed E-state index contributed by atoms with van der Waals surface area (Å²) in [6.45, 7) is 0.809. The molecule has 0 saturated carbocycles. The number of piperidine rings is 1. The summed E-state index contributed by atoms with van der Waals surface area (Å²) in [7, 11) is -1.90. The minimum atomic E-state index is -4.56. The molecule has 0 radical (unpaired) electrons. The third-order valence-corrected chi connectivity index (χ3v) is 9.90. The van der Waals surface area contributed by atoms with Gasteiger partial charge >= 0.3 is 6.18 Å². The number of H-pyrrole nitrogens is 1. The van der Waals surface area contributed by atoms with E-state index in [1.54, 1.807) is 4.31 Å². The van der Waals surface area contributed by atoms with Crippen molar-refractivity contribution in [3.05, 3.63) is 129 Å². The van der Waals surface area contributed by atoms with Crippen LogP contribution in [0.4, 0.5) is 13.2 Å². The molecule has 1 atom stereocenters. The van der Waals surface area contributed by atoms with Gasteiger partial charge in [-0.25, -0.2) is 8.51 Å². The molecule has 0 spiro atoms. The Kier molecular flexibility index (Phi) is 8.16. The Morgan fingerprint density at radius 3 is 2.00 bits per heavy atom. The molecule has 1 fully saturated rings. The molecule has 5 aromatic rings. The van der Waals surface area contributed by atoms with Crippen LogP contribution < -0.4 is 0 Å². The van der Waals surface area contributed by atoms with Crippen molar-refractivity contribution in [1.82, 2.24) is 14.5 Å². The van der Waals surface area contributed by atoms with E-state index in [0.717, 1.165) is 39.4 Å². The second kappa shape index (κ2) is 11.8. The fourth-order valence-corrected chi connectivity index (χ4v) is 7.37. The van der Waals surface area contributed by atoms with Gasteiger partial charge in [-0.05, 0) is 78.1 Å². The van der Waals surface area contributed by atoms with Crippen LogP contribution in [0.5, 0.6) is 0 Å². The van der Waals surface area contributed by atoms with E-state index in [9.17, 15) is 17.4 Å². The molecule has 1 N–H and O–H groups in total. The van der Waals surface area contributed by atoms with Crippen LogP contribution in [0.25, 0.3) is 10.9 Å². The number of fused-ring (bicyclic) bond motifs is 1. The van der Waals surface area contributed by atoms with Crippen molar-refractivity contribution in [2.75, 3.05) is 13.1 Å². The molecule has 2 heterocycles. The lowest BCUT2D eigenvalue weighted by atomic mass is 9.84. The minimum absolute atomic E-state index is 0.0651. The number of hydrogen-bond acceptors (Lipinski definition) is 2. The molecule has 6 rings (SSSR count). The van der Waals surface area contributed by atoms with Crippen LogP contribution in [0.1, 0.15) is 52.6 Å². The van der Waals surface area contributed by atoms with Crippen molar-refractivity contribution in [2.45, 2.75) is 35.7 Å². The second-order valence-electron chi connectivity index (χ2n) is 10.4. The van der Waals surface area contributed by atoms with E-state index in [1.165, 1.54) is 18.2 Å². The van der Waals surface area contributed by atoms with Gasteiger partial charge in [0.2, 0.25) is 0 Å². The summed E-state index contributed by atoms with van der Waals surface area (Å²) in [5.74, 6) is 0.0329. The predicted octanol–water partition coefficient (Wildman–Crippen LogP) is 8.97. The first-order chi connectivity index (χ1) is 20.2. The Bertz CT molecular complexity index is 1690. The zero-order chi connectivity index (χ0) is 29.4. The number of benzene rings is 4. The number of rotatable bonds is 6. The summed E-state index contributed by atoms with van der Waals surface area (Å²) in [6, 6.07) is 26.9. The highest BCUT2D eigenvalue weighted by molar-refractivity contribution is 7.82. The Labute approximate surface area is 254 Å². The highest BCUT2D eigenvalue weighted by Gasteiger charge is 2.36. The van der Waals surface area contributed by atoms with Crippen molar-refractivity contribution >= 4 is 45.1 Å². The second-order valence-corrected chi connectivity index (χ2v) is 12.7. The molecule has 0 bridgehead atoms. The zero-order valence-corrected chi connectivity index (χ0v) is 24.6. The van der Waals surface area contributed by atoms with Gasteiger partial charge in [0.15, 0.2) is 0 Å². The van der Waals surface area contributed by atoms with Crippen LogP contribution in [-0.2, 0) is 17.2 Å². The van der Waals surface area contributed by atoms with E-state index < -0.39 is 22.7 Å². The topological polar surface area (TPSA) is 49.0 Å². The Balaban J connectivity index is 1.28. The summed E-state index contributed by atoms with van der Waals surface area (Å²) >= 11 is 12.4. The molecular weight excluding hydrogens is 602 g/mol. The smallest absolute Gasteiger partial charge is 0.281 e. The van der Waals surface area contributed by atoms with Gasteiger partial charge in [0, 0.05) is 46.1 Å². The Morgan fingerprint density at radius 2 is 1.40 bits per heavy atom. The van der Waals surface area contributed by atoms with Crippen LogP contribution in [0.3, 0.4) is 0 Å². The van der Waals surface area contributed by atoms with E-state index in [1.807, 2.05) is 54.6 Å². The maximum Gasteiger partial charge on any atom is 0.417 e. The average Bonchev–Trinajstić information content (AvgIpc) is 3.42. The lowest BCUT2D eigenvalue weighted by molar-refractivity contribution is -0.139. The van der Waals surface area contributed by atoms with Gasteiger partial charge in [-0.15, -0.1) is 0 Å². The number of halogens is 5. The number of alkyl halides is 3. The lowest BCUT2D eigenvalue weighted by Crippen LogP contribution is -2.35. The molecular formula is C32H26Cl2F3N3OS. The van der Waals surface area contributed by atoms with Gasteiger partial charge in [0.05, 0.1) is 16.0 Å². The summed E-state index contributed by atoms with van der Waals surface area (Å²) in [6.07, 6.45) is -3.29. The zero-order valence-electron chi connectivity index (χ0n) is 22.2. The molecule has 1 aliphatic heterocycles. The van der Waals surface area contributed by atoms with Crippen LogP contribution in [0.2, 0.25) is 10.0 Å². The molecule has 1 saturated heterocycles. The largest absolute Gasteiger partial charge is 0.417 e. The number of hydrogen-bond donors (Lipinski definition) is 1. The maximum absolute atomic E-state index is 13.5. The first-order valence-corrected chi connectivity index (χ1v) is 15.4. The molecule has 1 aromatic heterocycles. The monoisotopic (exact) mass is 627 g/mol. The van der Waals surface area contributed by atoms with Crippen LogP contribution in [0.15, 0.2) is 95.9 Å². The van der Waals surface area contributed by atoms with E-state index in [-0.39, 0.29) is 16.7 Å². The SMILES string of the molecule is O=S(c1ccccc1C(F)(F)F)N1CCC(c2[nH]nc3ccc(C(c4ccc(Cl)cc4)c4ccc(Cl)cc4)cc23)CC1. The standard InChI is InChI=1S/C32H26Cl2F3N3OS/c33-24-10-5-20(6-11-24)30(21-7-12-25(34)13-8-21)23-9-14-28-26(19-23)31(39-38-28)22-15-17-40(18-16-22)42(41)29-4-2-1-3-27(29)32(35,36)37/h1-14,19,22,30H,15-18H2,(H,38,39). The summed E-state index contributed by atoms with van der Waals surface area (Å²) in [5.41, 5.74) is 4.22. The molecule has 4 aromatic carbocycles. The van der Waals surface area contributed by atoms with Gasteiger partial charge in [-0.2, -0.15) is 18.3 Å². The third-order valence-electron chi connectivity index (χ3n) is 7.82. The van der Waals surface area contributed by atoms with E-state index >= 15 is 0 Å². The van der Waals surface area contributed by atoms with Gasteiger partial charge in [0.1, 0.15) is 11.0 Å². The van der Waals surface area contributed by atoms with Crippen LogP contribution in [0, 0.1) is 0 Å². The fourth-order valence-electron chi connectivity index (χ4n) is 5.73. The van der Waals surface area contributed by atoms with E-state index in [0.29, 0.717) is 36.0 Å². The van der Waals surface area contributed by atoms with Crippen molar-refractivity contribution in [3.63, 3.8) is 0 Å². The van der Waals surface area contributed by atoms with Gasteiger partial charge in [-0.3, -0.25) is 5.10 Å². The van der Waals surface area contributed by atoms with Gasteiger partial charge in [0.25, 0.3) is 0 Å². The van der Waals surface area contributed by atoms with Crippen molar-refractivity contribution < 1.29 is 17.4 Å². The molecule has 0 amide bonds. The molecule has 42 heavy (non-hydrogen) atoms. The molecule has 1 unspecified atom stereocenters. The minimum Gasteiger partial charge on any atom is -0.281 e. The van der Waals surface area contributed by atoms with E-state index in [4.69, 9.17) is 23.2 Å². The van der Waals surface area contributed by atoms with Crippen molar-refractivity contribution in [2.24, 2.45) is 0 Å². The number of nitrogens with one attached hydrogen (secondary N) is 1. The Hall–Kier alpha value is -3.17. The van der Waals surface area contributed by atoms with E-state index in [2.05, 4.69) is 22.3 Å². The summed E-state index contributed by atoms with van der Waals surface area (Å²) in [4.78, 5) is -0.199. The van der Waals surface area contributed by atoms with Crippen LogP contribution in [-0.4, -0.2) is 31.8 Å². The summed E-state index contributed by atoms with van der Waals surface area (Å²) in [5, 5.41) is 10.1. The molecule has 1 aliphatic rings. The Morgan fingerprint density at radius 1 is 0.833 bits per heavy atom. The highest BCUT2D eigenvalue weighted by Crippen LogP contribution is 2.39. The number of aromatic nitrogens is 2. The van der Waals surface area contributed by atoms with Crippen molar-refractivity contribution in [1.29, 1.82) is 0 Å². The molecule has 216 valence electrons. The number of nitrogens with zero attached hydrogens (tertiary/aromatic N) is 2. The molecule has 10 heteroatoms. The van der Waals surface area contributed by atoms with Gasteiger partial charge in [-0.1, -0.05) is 65.7 Å². The van der Waals surface area contributed by atoms with Crippen LogP contribution >= 0.6 is 23.2 Å². The predicted molar refractivity (Wildman–Crippen MR) is 161 cm³/mol. The number of aromatic amines is 1. The quantitative estimate of drug-likeness (QED) is 0.191. The van der Waals surface area contributed by atoms with Crippen molar-refractivity contribution in [3.8, 4) is 0 Å². The molecule has 0 aliphatic carbocycles. The maximum atomic E-state index is 13.5. The lowest BCUT2D eigenvalue weighted by Gasteiger charge is -2.31. The molecule has 4 nitrogen and oxygen atoms in total. The normalized spacial score (nSPS) is 15.9. The third kappa shape index (κ3) is 5.86.